The maximum atomic E-state index is 9.60. The summed E-state index contributed by atoms with van der Waals surface area (Å²) in [4.78, 5) is 0.572. The molecule has 0 aromatic heterocycles. The topological polar surface area (TPSA) is 21.7 Å². The first-order valence-corrected chi connectivity index (χ1v) is 11.8. The van der Waals surface area contributed by atoms with Crippen LogP contribution >= 0.6 is 0 Å². The van der Waals surface area contributed by atoms with Crippen molar-refractivity contribution in [3.63, 3.8) is 0 Å². The molecule has 0 spiro atoms. The molecule has 0 radical (unpaired) electrons. The predicted octanol–water partition coefficient (Wildman–Crippen LogP) is 7.55. The van der Waals surface area contributed by atoms with Gasteiger partial charge < -0.3 is 14.4 Å². The summed E-state index contributed by atoms with van der Waals surface area (Å²) in [5, 5.41) is 0. The molecule has 0 bridgehead atoms. The first kappa shape index (κ1) is 10.1. The molecule has 40 heavy (non-hydrogen) atoms. The molecule has 0 atom stereocenters. The van der Waals surface area contributed by atoms with Crippen LogP contribution in [-0.4, -0.2) is 6.71 Å². The van der Waals surface area contributed by atoms with Crippen LogP contribution in [0.15, 0.2) is 145 Å². The number of para-hydroxylation sites is 2. The molecule has 0 unspecified atom stereocenters. The normalized spacial score (nSPS) is 19.7. The molecular formula is C36H24BNO2. The van der Waals surface area contributed by atoms with Crippen molar-refractivity contribution in [2.45, 2.75) is 0 Å². The number of hydrogen-bond acceptors (Lipinski definition) is 3. The van der Waals surface area contributed by atoms with Crippen molar-refractivity contribution in [3.8, 4) is 34.1 Å². The maximum absolute atomic E-state index is 9.60. The fraction of sp³-hybridized carbons (Fsp3) is 0. The van der Waals surface area contributed by atoms with Gasteiger partial charge in [0.25, 0.3) is 6.71 Å². The van der Waals surface area contributed by atoms with Crippen molar-refractivity contribution >= 4 is 40.2 Å². The fourth-order valence-corrected chi connectivity index (χ4v) is 4.65. The second-order valence-corrected chi connectivity index (χ2v) is 8.55. The van der Waals surface area contributed by atoms with E-state index in [-0.39, 0.29) is 27.9 Å². The third-order valence-corrected chi connectivity index (χ3v) is 6.31. The molecule has 3 nitrogen and oxygen atoms in total. The third-order valence-electron chi connectivity index (χ3n) is 6.31. The van der Waals surface area contributed by atoms with Gasteiger partial charge in [0.15, 0.2) is 0 Å². The Kier molecular flexibility index (Phi) is 2.32. The van der Waals surface area contributed by atoms with Gasteiger partial charge in [0.1, 0.15) is 23.0 Å². The molecule has 0 saturated heterocycles. The van der Waals surface area contributed by atoms with Gasteiger partial charge in [-0.1, -0.05) is 90.7 Å². The van der Waals surface area contributed by atoms with E-state index in [1.807, 2.05) is 0 Å². The van der Waals surface area contributed by atoms with E-state index in [9.17, 15) is 6.85 Å². The first-order valence-electron chi connectivity index (χ1n) is 22.3. The number of fused-ring (bicyclic) bond motifs is 4. The van der Waals surface area contributed by atoms with Crippen molar-refractivity contribution in [2.75, 3.05) is 4.90 Å². The van der Waals surface area contributed by atoms with E-state index >= 15 is 0 Å². The highest BCUT2D eigenvalue weighted by molar-refractivity contribution is 6.98. The molecule has 0 saturated carbocycles. The molecule has 188 valence electrons. The number of nitrogens with zero attached hydrogens (tertiary/aromatic N) is 1. The summed E-state index contributed by atoms with van der Waals surface area (Å²) in [5.74, 6) is -0.969. The Balaban J connectivity index is 1.48. The van der Waals surface area contributed by atoms with Crippen LogP contribution in [0.25, 0.3) is 11.1 Å². The minimum atomic E-state index is -1.42. The quantitative estimate of drug-likeness (QED) is 0.218. The van der Waals surface area contributed by atoms with Gasteiger partial charge in [-0.15, -0.1) is 0 Å². The maximum Gasteiger partial charge on any atom is 0.260 e. The highest BCUT2D eigenvalue weighted by Gasteiger charge is 2.40. The number of ether oxygens (including phenoxy) is 2. The lowest BCUT2D eigenvalue weighted by atomic mass is 9.35. The van der Waals surface area contributed by atoms with Crippen LogP contribution in [0.3, 0.4) is 0 Å². The molecule has 0 amide bonds. The molecule has 2 aliphatic rings. The summed E-state index contributed by atoms with van der Waals surface area (Å²) < 4.78 is 195. The highest BCUT2D eigenvalue weighted by atomic mass is 16.5. The van der Waals surface area contributed by atoms with E-state index in [0.29, 0.717) is 4.90 Å². The van der Waals surface area contributed by atoms with Crippen LogP contribution in [-0.2, 0) is 0 Å². The Morgan fingerprint density at radius 2 is 1.05 bits per heavy atom. The molecule has 0 N–H and O–H groups in total. The number of hydrogen-bond donors (Lipinski definition) is 0. The fourth-order valence-electron chi connectivity index (χ4n) is 4.65. The molecular weight excluding hydrogens is 489 g/mol. The van der Waals surface area contributed by atoms with Crippen LogP contribution < -0.4 is 30.8 Å². The van der Waals surface area contributed by atoms with Crippen molar-refractivity contribution < 1.29 is 38.3 Å². The molecule has 6 aromatic rings. The van der Waals surface area contributed by atoms with Gasteiger partial charge in [-0.3, -0.25) is 0 Å². The summed E-state index contributed by atoms with van der Waals surface area (Å²) in [5.41, 5.74) is -3.92. The van der Waals surface area contributed by atoms with E-state index in [1.54, 1.807) is 0 Å². The summed E-state index contributed by atoms with van der Waals surface area (Å²) in [7, 11) is 0. The lowest BCUT2D eigenvalue weighted by Gasteiger charge is -2.34. The summed E-state index contributed by atoms with van der Waals surface area (Å²) in [6, 6.07) is -13.2. The minimum absolute atomic E-state index is 0.000263. The van der Waals surface area contributed by atoms with Crippen molar-refractivity contribution in [1.82, 2.24) is 0 Å². The van der Waals surface area contributed by atoms with E-state index < -0.39 is 173 Å². The Labute approximate surface area is 263 Å². The average Bonchev–Trinajstić information content (AvgIpc) is 3.24. The van der Waals surface area contributed by atoms with Gasteiger partial charge in [0.2, 0.25) is 0 Å². The lowest BCUT2D eigenvalue weighted by Crippen LogP contribution is -2.57. The van der Waals surface area contributed by atoms with E-state index in [1.165, 1.54) is 18.2 Å². The first-order chi connectivity index (χ1) is 28.6. The van der Waals surface area contributed by atoms with Crippen LogP contribution in [0.2, 0.25) is 0 Å². The molecule has 0 fully saturated rings. The summed E-state index contributed by atoms with van der Waals surface area (Å²) in [6.45, 7) is -1.42. The van der Waals surface area contributed by atoms with Crippen molar-refractivity contribution in [2.24, 2.45) is 0 Å². The molecule has 8 rings (SSSR count). The molecule has 2 heterocycles. The Hall–Kier alpha value is -5.22. The van der Waals surface area contributed by atoms with Crippen LogP contribution in [0.4, 0.5) is 17.1 Å². The Bertz CT molecular complexity index is 2880. The van der Waals surface area contributed by atoms with Gasteiger partial charge in [-0.25, -0.2) is 0 Å². The van der Waals surface area contributed by atoms with Gasteiger partial charge in [0.05, 0.1) is 28.8 Å². The SMILES string of the molecule is [2H]c1c([2H])c([2H])c(-c2c([2H])c([2H])c3c(c2[2H])Oc2cccc4c2B3c2c([2H])c([2H])c(N(c3c([2H])c([2H])c([2H])c([2H])c3[2H])c3c([2H])c([2H])c([2H])c([2H])c3[2H])c([2H])c2O4)c([2H])c1[2H]. The predicted molar refractivity (Wildman–Crippen MR) is 164 cm³/mol. The molecule has 0 aliphatic carbocycles. The van der Waals surface area contributed by atoms with Gasteiger partial charge >= 0.3 is 0 Å². The van der Waals surface area contributed by atoms with Crippen LogP contribution in [0, 0.1) is 0 Å². The van der Waals surface area contributed by atoms with Crippen molar-refractivity contribution in [1.29, 1.82) is 0 Å². The Morgan fingerprint density at radius 1 is 0.500 bits per heavy atom. The Morgan fingerprint density at radius 3 is 1.68 bits per heavy atom. The zero-order valence-electron chi connectivity index (χ0n) is 41.1. The minimum Gasteiger partial charge on any atom is -0.458 e. The lowest BCUT2D eigenvalue weighted by molar-refractivity contribution is 0.464. The van der Waals surface area contributed by atoms with Gasteiger partial charge in [0, 0.05) is 28.6 Å². The zero-order chi connectivity index (χ0) is 44.7. The second-order valence-electron chi connectivity index (χ2n) is 8.55. The van der Waals surface area contributed by atoms with Crippen LogP contribution in [0.1, 0.15) is 28.8 Å². The molecule has 4 heteroatoms. The zero-order valence-corrected chi connectivity index (χ0v) is 20.1. The number of rotatable bonds is 4. The van der Waals surface area contributed by atoms with Crippen LogP contribution in [0.5, 0.6) is 23.0 Å². The smallest absolute Gasteiger partial charge is 0.260 e. The average molecular weight is 535 g/mol. The summed E-state index contributed by atoms with van der Waals surface area (Å²) in [6.07, 6.45) is 0. The standard InChI is InChI=1S/C36H24BNO2/c1-4-11-25(12-5-1)26-19-21-30-34(23-26)39-32-17-10-18-33-36(32)37(30)31-22-20-29(24-35(31)40-33)38(27-13-6-2-7-14-27)28-15-8-3-9-16-28/h1-24H/i1D,2D,3D,4D,5D,6D,7D,8D,9D,11D,12D,13D,14D,15D,16D,19D,20D,21D,22D,23D,24D. The van der Waals surface area contributed by atoms with E-state index in [4.69, 9.17) is 31.4 Å². The highest BCUT2D eigenvalue weighted by Crippen LogP contribution is 2.39. The van der Waals surface area contributed by atoms with E-state index in [0.717, 1.165) is 0 Å². The largest absolute Gasteiger partial charge is 0.458 e. The van der Waals surface area contributed by atoms with E-state index in [2.05, 4.69) is 0 Å². The number of benzene rings is 6. The molecule has 6 aromatic carbocycles. The van der Waals surface area contributed by atoms with Crippen molar-refractivity contribution in [3.05, 3.63) is 145 Å². The summed E-state index contributed by atoms with van der Waals surface area (Å²) >= 11 is 0. The third kappa shape index (κ3) is 3.69. The second kappa shape index (κ2) is 9.21. The molecule has 2 aliphatic heterocycles. The number of anilines is 3. The van der Waals surface area contributed by atoms with Gasteiger partial charge in [-0.05, 0) is 70.4 Å². The van der Waals surface area contributed by atoms with Gasteiger partial charge in [-0.2, -0.15) is 0 Å². The monoisotopic (exact) mass is 534 g/mol.